The van der Waals surface area contributed by atoms with Gasteiger partial charge in [-0.05, 0) is 47.9 Å². The first-order valence-electron chi connectivity index (χ1n) is 11.4. The fourth-order valence-corrected chi connectivity index (χ4v) is 3.54. The number of nitriles is 1. The van der Waals surface area contributed by atoms with Gasteiger partial charge >= 0.3 is 0 Å². The summed E-state index contributed by atoms with van der Waals surface area (Å²) in [6.45, 7) is 1.70. The molecule has 2 heterocycles. The van der Waals surface area contributed by atoms with Crippen molar-refractivity contribution in [3.05, 3.63) is 108 Å². The quantitative estimate of drug-likeness (QED) is 0.349. The first kappa shape index (κ1) is 23.7. The van der Waals surface area contributed by atoms with Crippen molar-refractivity contribution in [2.24, 2.45) is 0 Å². The molecule has 0 aliphatic carbocycles. The van der Waals surface area contributed by atoms with Crippen LogP contribution < -0.4 is 15.4 Å². The molecular weight excluding hydrogens is 440 g/mol. The molecule has 0 radical (unpaired) electrons. The Morgan fingerprint density at radius 2 is 1.89 bits per heavy atom. The zero-order chi connectivity index (χ0) is 24.3. The van der Waals surface area contributed by atoms with E-state index in [1.165, 1.54) is 0 Å². The van der Waals surface area contributed by atoms with Gasteiger partial charge in [0.2, 0.25) is 5.91 Å². The van der Waals surface area contributed by atoms with Gasteiger partial charge in [-0.1, -0.05) is 42.5 Å². The third kappa shape index (κ3) is 7.00. The van der Waals surface area contributed by atoms with E-state index in [0.29, 0.717) is 36.8 Å². The highest BCUT2D eigenvalue weighted by atomic mass is 16.5. The van der Waals surface area contributed by atoms with Crippen LogP contribution in [0.15, 0.2) is 91.4 Å². The molecule has 2 N–H and O–H groups in total. The number of benzene rings is 2. The van der Waals surface area contributed by atoms with E-state index in [0.717, 1.165) is 17.5 Å². The summed E-state index contributed by atoms with van der Waals surface area (Å²) in [7, 11) is 0. The Balaban J connectivity index is 1.33. The normalized spacial score (nSPS) is 11.4. The summed E-state index contributed by atoms with van der Waals surface area (Å²) in [6, 6.07) is 24.0. The summed E-state index contributed by atoms with van der Waals surface area (Å²) < 4.78 is 7.49. The maximum absolute atomic E-state index is 13.1. The Morgan fingerprint density at radius 3 is 2.57 bits per heavy atom. The summed E-state index contributed by atoms with van der Waals surface area (Å²) in [4.78, 5) is 17.5. The highest BCUT2D eigenvalue weighted by molar-refractivity contribution is 5.94. The van der Waals surface area contributed by atoms with Crippen LogP contribution in [0.5, 0.6) is 5.75 Å². The standard InChI is InChI=1S/C27H26N6O2/c28-19-22-9-7-21(8-10-22)13-15-29-26(23-5-2-1-3-6-23)27(34)32-25-12-11-24(20-30-25)35-18-17-33-16-4-14-31-33/h1-12,14,16,20,26,29H,13,15,17-18H2,(H,30,32,34)/t26-/m0/s1. The molecule has 4 rings (SSSR count). The number of anilines is 1. The SMILES string of the molecule is N#Cc1ccc(CCN[C@H](C(=O)Nc2ccc(OCCn3cccn3)cn2)c2ccccc2)cc1. The van der Waals surface area contributed by atoms with Gasteiger partial charge < -0.3 is 15.4 Å². The maximum Gasteiger partial charge on any atom is 0.247 e. The second-order valence-electron chi connectivity index (χ2n) is 7.84. The zero-order valence-electron chi connectivity index (χ0n) is 19.2. The van der Waals surface area contributed by atoms with E-state index in [1.54, 1.807) is 41.3 Å². The van der Waals surface area contributed by atoms with E-state index in [-0.39, 0.29) is 5.91 Å². The molecule has 1 atom stereocenters. The lowest BCUT2D eigenvalue weighted by atomic mass is 10.1. The molecule has 2 aromatic heterocycles. The molecule has 35 heavy (non-hydrogen) atoms. The first-order chi connectivity index (χ1) is 17.2. The molecule has 0 unspecified atom stereocenters. The lowest BCUT2D eigenvalue weighted by molar-refractivity contribution is -0.118. The number of carbonyl (C=O) groups is 1. The molecule has 4 aromatic rings. The van der Waals surface area contributed by atoms with Crippen LogP contribution in [0.4, 0.5) is 5.82 Å². The number of hydrogen-bond acceptors (Lipinski definition) is 6. The second kappa shape index (κ2) is 12.1. The highest BCUT2D eigenvalue weighted by Gasteiger charge is 2.20. The van der Waals surface area contributed by atoms with Crippen molar-refractivity contribution in [2.45, 2.75) is 19.0 Å². The van der Waals surface area contributed by atoms with Crippen LogP contribution in [0.1, 0.15) is 22.7 Å². The molecule has 0 bridgehead atoms. The van der Waals surface area contributed by atoms with Gasteiger partial charge in [0.15, 0.2) is 0 Å². The Bertz CT molecular complexity index is 1230. The molecule has 0 aliphatic heterocycles. The number of nitrogens with zero attached hydrogens (tertiary/aromatic N) is 4. The van der Waals surface area contributed by atoms with Crippen molar-refractivity contribution in [3.8, 4) is 11.8 Å². The molecule has 1 amide bonds. The van der Waals surface area contributed by atoms with Crippen LogP contribution in [0.3, 0.4) is 0 Å². The first-order valence-corrected chi connectivity index (χ1v) is 11.4. The Hall–Kier alpha value is -4.48. The van der Waals surface area contributed by atoms with E-state index in [4.69, 9.17) is 10.00 Å². The summed E-state index contributed by atoms with van der Waals surface area (Å²) in [6.07, 6.45) is 5.92. The summed E-state index contributed by atoms with van der Waals surface area (Å²) in [5.41, 5.74) is 2.59. The minimum Gasteiger partial charge on any atom is -0.490 e. The third-order valence-electron chi connectivity index (χ3n) is 5.38. The second-order valence-corrected chi connectivity index (χ2v) is 7.84. The summed E-state index contributed by atoms with van der Waals surface area (Å²) in [5, 5.41) is 19.3. The number of ether oxygens (including phenoxy) is 1. The fraction of sp³-hybridized carbons (Fsp3) is 0.185. The van der Waals surface area contributed by atoms with Crippen LogP contribution in [0.2, 0.25) is 0 Å². The van der Waals surface area contributed by atoms with Crippen LogP contribution in [-0.2, 0) is 17.8 Å². The van der Waals surface area contributed by atoms with Crippen LogP contribution in [0.25, 0.3) is 0 Å². The molecule has 0 spiro atoms. The minimum absolute atomic E-state index is 0.198. The zero-order valence-corrected chi connectivity index (χ0v) is 19.2. The van der Waals surface area contributed by atoms with Gasteiger partial charge in [0.05, 0.1) is 24.4 Å². The lowest BCUT2D eigenvalue weighted by Gasteiger charge is -2.19. The lowest BCUT2D eigenvalue weighted by Crippen LogP contribution is -2.34. The number of pyridine rings is 1. The number of nitrogens with one attached hydrogen (secondary N) is 2. The topological polar surface area (TPSA) is 105 Å². The van der Waals surface area contributed by atoms with Gasteiger partial charge in [0.1, 0.15) is 24.2 Å². The van der Waals surface area contributed by atoms with Crippen LogP contribution >= 0.6 is 0 Å². The summed E-state index contributed by atoms with van der Waals surface area (Å²) in [5.74, 6) is 0.871. The molecule has 176 valence electrons. The molecule has 0 aliphatic rings. The van der Waals surface area contributed by atoms with Gasteiger partial charge in [-0.25, -0.2) is 4.98 Å². The summed E-state index contributed by atoms with van der Waals surface area (Å²) >= 11 is 0. The monoisotopic (exact) mass is 466 g/mol. The number of aromatic nitrogens is 3. The predicted molar refractivity (Wildman–Crippen MR) is 133 cm³/mol. The Morgan fingerprint density at radius 1 is 1.06 bits per heavy atom. The molecular formula is C27H26N6O2. The molecule has 8 heteroatoms. The highest BCUT2D eigenvalue weighted by Crippen LogP contribution is 2.17. The largest absolute Gasteiger partial charge is 0.490 e. The minimum atomic E-state index is -0.540. The van der Waals surface area contributed by atoms with Crippen molar-refractivity contribution in [1.29, 1.82) is 5.26 Å². The molecule has 0 saturated carbocycles. The van der Waals surface area contributed by atoms with Crippen LogP contribution in [-0.4, -0.2) is 33.8 Å². The van der Waals surface area contributed by atoms with Crippen molar-refractivity contribution < 1.29 is 9.53 Å². The number of hydrogen-bond donors (Lipinski definition) is 2. The van der Waals surface area contributed by atoms with Crippen molar-refractivity contribution in [3.63, 3.8) is 0 Å². The Kier molecular flexibility index (Phi) is 8.19. The number of amides is 1. The van der Waals surface area contributed by atoms with Crippen molar-refractivity contribution in [1.82, 2.24) is 20.1 Å². The number of carbonyl (C=O) groups excluding carboxylic acids is 1. The van der Waals surface area contributed by atoms with Crippen LogP contribution in [0, 0.1) is 11.3 Å². The predicted octanol–water partition coefficient (Wildman–Crippen LogP) is 3.74. The van der Waals surface area contributed by atoms with E-state index < -0.39 is 6.04 Å². The van der Waals surface area contributed by atoms with E-state index in [9.17, 15) is 4.79 Å². The average Bonchev–Trinajstić information content (AvgIpc) is 3.42. The van der Waals surface area contributed by atoms with E-state index in [1.807, 2.05) is 54.7 Å². The average molecular weight is 467 g/mol. The molecule has 2 aromatic carbocycles. The van der Waals surface area contributed by atoms with Crippen molar-refractivity contribution in [2.75, 3.05) is 18.5 Å². The molecule has 0 fully saturated rings. The Labute approximate surface area is 204 Å². The smallest absolute Gasteiger partial charge is 0.247 e. The molecule has 8 nitrogen and oxygen atoms in total. The fourth-order valence-electron chi connectivity index (χ4n) is 3.54. The van der Waals surface area contributed by atoms with E-state index >= 15 is 0 Å². The van der Waals surface area contributed by atoms with Gasteiger partial charge in [0, 0.05) is 18.9 Å². The number of rotatable bonds is 11. The van der Waals surface area contributed by atoms with Gasteiger partial charge in [-0.2, -0.15) is 10.4 Å². The van der Waals surface area contributed by atoms with E-state index in [2.05, 4.69) is 26.8 Å². The van der Waals surface area contributed by atoms with Crippen molar-refractivity contribution >= 4 is 11.7 Å². The van der Waals surface area contributed by atoms with Gasteiger partial charge in [-0.15, -0.1) is 0 Å². The van der Waals surface area contributed by atoms with Gasteiger partial charge in [0.25, 0.3) is 0 Å². The molecule has 0 saturated heterocycles. The third-order valence-corrected chi connectivity index (χ3v) is 5.38. The maximum atomic E-state index is 13.1. The van der Waals surface area contributed by atoms with Gasteiger partial charge in [-0.3, -0.25) is 9.48 Å².